The quantitative estimate of drug-likeness (QED) is 0.790. The molecule has 0 aromatic carbocycles. The second-order valence-electron chi connectivity index (χ2n) is 3.13. The number of aromatic nitrogens is 2. The van der Waals surface area contributed by atoms with Crippen molar-refractivity contribution in [3.8, 4) is 0 Å². The number of hydrogen-bond acceptors (Lipinski definition) is 3. The first kappa shape index (κ1) is 11.4. The normalized spacial score (nSPS) is 10.0. The smallest absolute Gasteiger partial charge is 0.261 e. The van der Waals surface area contributed by atoms with Crippen LogP contribution in [0.3, 0.4) is 0 Å². The third-order valence-electron chi connectivity index (χ3n) is 2.18. The molecule has 0 bridgehead atoms. The minimum absolute atomic E-state index is 0.0971. The summed E-state index contributed by atoms with van der Waals surface area (Å²) < 4.78 is 1.51. The van der Waals surface area contributed by atoms with Crippen molar-refractivity contribution in [3.63, 3.8) is 0 Å². The van der Waals surface area contributed by atoms with E-state index in [1.54, 1.807) is 20.2 Å². The Balaban J connectivity index is 3.49. The highest BCUT2D eigenvalue weighted by Crippen LogP contribution is 2.05. The minimum atomic E-state index is -0.0971. The van der Waals surface area contributed by atoms with E-state index in [2.05, 4.69) is 23.5 Å². The molecular formula is C11H15N3O. The Hall–Kier alpha value is -1.68. The van der Waals surface area contributed by atoms with E-state index in [4.69, 9.17) is 0 Å². The maximum atomic E-state index is 11.9. The fourth-order valence-electron chi connectivity index (χ4n) is 1.35. The summed E-state index contributed by atoms with van der Waals surface area (Å²) in [6.07, 6.45) is 3.08. The summed E-state index contributed by atoms with van der Waals surface area (Å²) in [4.78, 5) is 16.2. The Bertz CT molecular complexity index is 446. The predicted octanol–water partition coefficient (Wildman–Crippen LogP) is 0.786. The zero-order valence-corrected chi connectivity index (χ0v) is 9.08. The maximum absolute atomic E-state index is 11.9. The van der Waals surface area contributed by atoms with Gasteiger partial charge in [-0.2, -0.15) is 0 Å². The van der Waals surface area contributed by atoms with E-state index in [0.717, 1.165) is 0 Å². The van der Waals surface area contributed by atoms with Crippen LogP contribution in [0, 0.1) is 0 Å². The van der Waals surface area contributed by atoms with Gasteiger partial charge in [0.05, 0.1) is 17.8 Å². The van der Waals surface area contributed by atoms with Crippen molar-refractivity contribution in [1.29, 1.82) is 0 Å². The topological polar surface area (TPSA) is 46.9 Å². The lowest BCUT2D eigenvalue weighted by Gasteiger charge is -2.09. The molecule has 1 aromatic heterocycles. The van der Waals surface area contributed by atoms with Crippen LogP contribution in [-0.4, -0.2) is 16.6 Å². The van der Waals surface area contributed by atoms with Gasteiger partial charge in [0.15, 0.2) is 0 Å². The molecular weight excluding hydrogens is 190 g/mol. The second-order valence-corrected chi connectivity index (χ2v) is 3.13. The van der Waals surface area contributed by atoms with Gasteiger partial charge in [-0.1, -0.05) is 19.2 Å². The lowest BCUT2D eigenvalue weighted by atomic mass is 10.2. The van der Waals surface area contributed by atoms with Crippen molar-refractivity contribution in [2.45, 2.75) is 6.54 Å². The molecule has 0 saturated carbocycles. The molecule has 0 aliphatic carbocycles. The van der Waals surface area contributed by atoms with Crippen molar-refractivity contribution in [2.75, 3.05) is 7.05 Å². The summed E-state index contributed by atoms with van der Waals surface area (Å²) in [5.74, 6) is 0.683. The van der Waals surface area contributed by atoms with Gasteiger partial charge in [0.2, 0.25) is 0 Å². The van der Waals surface area contributed by atoms with Crippen LogP contribution in [0.15, 0.2) is 18.0 Å². The molecule has 0 fully saturated rings. The van der Waals surface area contributed by atoms with Crippen molar-refractivity contribution in [3.05, 3.63) is 40.6 Å². The molecule has 1 heterocycles. The first-order chi connectivity index (χ1) is 7.15. The number of nitrogens with zero attached hydrogens (tertiary/aromatic N) is 2. The standard InChI is InChI=1S/C11H15N3O/c1-5-8-9(6-2)13-10(7-12-3)14(4)11(8)15/h5-6,12H,1-2,7H2,3-4H3. The summed E-state index contributed by atoms with van der Waals surface area (Å²) >= 11 is 0. The van der Waals surface area contributed by atoms with Gasteiger partial charge in [-0.3, -0.25) is 9.36 Å². The summed E-state index contributed by atoms with van der Waals surface area (Å²) in [5.41, 5.74) is 0.978. The average Bonchev–Trinajstić information content (AvgIpc) is 2.24. The lowest BCUT2D eigenvalue weighted by molar-refractivity contribution is 0.666. The van der Waals surface area contributed by atoms with E-state index in [0.29, 0.717) is 23.6 Å². The van der Waals surface area contributed by atoms with Crippen molar-refractivity contribution in [2.24, 2.45) is 7.05 Å². The fraction of sp³-hybridized carbons (Fsp3) is 0.273. The molecule has 80 valence electrons. The van der Waals surface area contributed by atoms with Crippen LogP contribution >= 0.6 is 0 Å². The third-order valence-corrected chi connectivity index (χ3v) is 2.18. The fourth-order valence-corrected chi connectivity index (χ4v) is 1.35. The molecule has 0 spiro atoms. The molecule has 0 amide bonds. The number of rotatable bonds is 4. The summed E-state index contributed by atoms with van der Waals surface area (Å²) in [7, 11) is 3.50. The van der Waals surface area contributed by atoms with Gasteiger partial charge in [-0.15, -0.1) is 0 Å². The zero-order valence-electron chi connectivity index (χ0n) is 9.08. The Labute approximate surface area is 89.0 Å². The zero-order chi connectivity index (χ0) is 11.4. The van der Waals surface area contributed by atoms with Gasteiger partial charge >= 0.3 is 0 Å². The molecule has 15 heavy (non-hydrogen) atoms. The van der Waals surface area contributed by atoms with Crippen LogP contribution in [-0.2, 0) is 13.6 Å². The van der Waals surface area contributed by atoms with Crippen LogP contribution in [0.5, 0.6) is 0 Å². The summed E-state index contributed by atoms with van der Waals surface area (Å²) in [5, 5.41) is 2.96. The molecule has 1 N–H and O–H groups in total. The highest BCUT2D eigenvalue weighted by Gasteiger charge is 2.09. The Morgan fingerprint density at radius 2 is 2.13 bits per heavy atom. The van der Waals surface area contributed by atoms with Gasteiger partial charge in [0.25, 0.3) is 5.56 Å². The highest BCUT2D eigenvalue weighted by atomic mass is 16.1. The van der Waals surface area contributed by atoms with E-state index in [1.165, 1.54) is 10.6 Å². The summed E-state index contributed by atoms with van der Waals surface area (Å²) in [6, 6.07) is 0. The van der Waals surface area contributed by atoms with Crippen molar-refractivity contribution >= 4 is 12.2 Å². The minimum Gasteiger partial charge on any atom is -0.313 e. The predicted molar refractivity (Wildman–Crippen MR) is 62.4 cm³/mol. The molecule has 4 heteroatoms. The lowest BCUT2D eigenvalue weighted by Crippen LogP contribution is -2.27. The molecule has 1 rings (SSSR count). The molecule has 0 aliphatic rings. The highest BCUT2D eigenvalue weighted by molar-refractivity contribution is 5.59. The van der Waals surface area contributed by atoms with E-state index in [-0.39, 0.29) is 5.56 Å². The molecule has 0 atom stereocenters. The largest absolute Gasteiger partial charge is 0.313 e. The van der Waals surface area contributed by atoms with Gasteiger partial charge in [-0.25, -0.2) is 4.98 Å². The second kappa shape index (κ2) is 4.70. The van der Waals surface area contributed by atoms with E-state index in [9.17, 15) is 4.79 Å². The van der Waals surface area contributed by atoms with Gasteiger partial charge in [0.1, 0.15) is 5.82 Å². The number of hydrogen-bond donors (Lipinski definition) is 1. The molecule has 1 aromatic rings. The van der Waals surface area contributed by atoms with Crippen LogP contribution in [0.25, 0.3) is 12.2 Å². The van der Waals surface area contributed by atoms with E-state index < -0.39 is 0 Å². The first-order valence-corrected chi connectivity index (χ1v) is 4.65. The van der Waals surface area contributed by atoms with Crippen molar-refractivity contribution < 1.29 is 0 Å². The molecule has 0 aliphatic heterocycles. The molecule has 0 radical (unpaired) electrons. The van der Waals surface area contributed by atoms with Gasteiger partial charge in [-0.05, 0) is 13.1 Å². The number of nitrogens with one attached hydrogen (secondary N) is 1. The third kappa shape index (κ3) is 2.05. The molecule has 0 unspecified atom stereocenters. The van der Waals surface area contributed by atoms with Crippen LogP contribution < -0.4 is 10.9 Å². The molecule has 0 saturated heterocycles. The molecule has 4 nitrogen and oxygen atoms in total. The Morgan fingerprint density at radius 3 is 2.60 bits per heavy atom. The monoisotopic (exact) mass is 205 g/mol. The SMILES string of the molecule is C=Cc1nc(CNC)n(C)c(=O)c1C=C. The summed E-state index contributed by atoms with van der Waals surface area (Å²) in [6.45, 7) is 7.78. The van der Waals surface area contributed by atoms with Gasteiger partial charge < -0.3 is 5.32 Å². The Kier molecular flexibility index (Phi) is 3.57. The average molecular weight is 205 g/mol. The first-order valence-electron chi connectivity index (χ1n) is 4.65. The van der Waals surface area contributed by atoms with Crippen LogP contribution in [0.4, 0.5) is 0 Å². The van der Waals surface area contributed by atoms with E-state index >= 15 is 0 Å². The van der Waals surface area contributed by atoms with Crippen LogP contribution in [0.2, 0.25) is 0 Å². The van der Waals surface area contributed by atoms with Gasteiger partial charge in [0, 0.05) is 7.05 Å². The van der Waals surface area contributed by atoms with Crippen LogP contribution in [0.1, 0.15) is 17.1 Å². The van der Waals surface area contributed by atoms with E-state index in [1.807, 2.05) is 0 Å². The van der Waals surface area contributed by atoms with Crippen molar-refractivity contribution in [1.82, 2.24) is 14.9 Å². The maximum Gasteiger partial charge on any atom is 0.261 e. The Morgan fingerprint density at radius 1 is 1.47 bits per heavy atom.